The summed E-state index contributed by atoms with van der Waals surface area (Å²) in [7, 11) is 1.87. The minimum absolute atomic E-state index is 0.227. The Morgan fingerprint density at radius 1 is 1.40 bits per heavy atom. The Morgan fingerprint density at radius 3 is 2.95 bits per heavy atom. The summed E-state index contributed by atoms with van der Waals surface area (Å²) in [4.78, 5) is 11.7. The molecule has 2 aromatic rings. The van der Waals surface area contributed by atoms with Crippen molar-refractivity contribution in [2.45, 2.75) is 13.0 Å². The molecule has 1 aromatic carbocycles. The van der Waals surface area contributed by atoms with Crippen LogP contribution < -0.4 is 16.4 Å². The number of amides is 2. The molecule has 2 amide bonds. The molecule has 4 N–H and O–H groups in total. The van der Waals surface area contributed by atoms with Gasteiger partial charge in [0.05, 0.1) is 5.69 Å². The molecule has 0 bridgehead atoms. The van der Waals surface area contributed by atoms with E-state index >= 15 is 0 Å². The Labute approximate surface area is 118 Å². The Hall–Kier alpha value is -2.34. The van der Waals surface area contributed by atoms with Gasteiger partial charge in [0.1, 0.15) is 0 Å². The molecule has 6 nitrogen and oxygen atoms in total. The molecule has 0 unspecified atom stereocenters. The lowest BCUT2D eigenvalue weighted by molar-refractivity contribution is 0.252. The van der Waals surface area contributed by atoms with Crippen molar-refractivity contribution < 1.29 is 4.79 Å². The highest BCUT2D eigenvalue weighted by Gasteiger charge is 2.03. The summed E-state index contributed by atoms with van der Waals surface area (Å²) in [6.07, 6.45) is 2.59. The lowest BCUT2D eigenvalue weighted by atomic mass is 10.2. The van der Waals surface area contributed by atoms with E-state index in [1.54, 1.807) is 4.68 Å². The molecular weight excluding hydrogens is 254 g/mol. The van der Waals surface area contributed by atoms with Gasteiger partial charge in [-0.2, -0.15) is 5.10 Å². The number of rotatable bonds is 5. The van der Waals surface area contributed by atoms with E-state index in [9.17, 15) is 4.79 Å². The number of anilines is 1. The number of carbonyl (C=O) groups excluding carboxylic acids is 1. The zero-order chi connectivity index (χ0) is 14.4. The molecule has 0 saturated carbocycles. The molecule has 0 fully saturated rings. The number of nitrogens with two attached hydrogens (primary N) is 1. The van der Waals surface area contributed by atoms with Crippen LogP contribution in [0.1, 0.15) is 11.3 Å². The number of aromatic nitrogens is 2. The minimum Gasteiger partial charge on any atom is -0.337 e. The Kier molecular flexibility index (Phi) is 4.73. The second kappa shape index (κ2) is 6.72. The van der Waals surface area contributed by atoms with Gasteiger partial charge in [-0.25, -0.2) is 4.79 Å². The van der Waals surface area contributed by atoms with Gasteiger partial charge in [-0.15, -0.1) is 0 Å². The van der Waals surface area contributed by atoms with E-state index in [0.29, 0.717) is 19.5 Å². The average Bonchev–Trinajstić information content (AvgIpc) is 2.84. The third-order valence-corrected chi connectivity index (χ3v) is 2.86. The molecule has 0 atom stereocenters. The second-order valence-electron chi connectivity index (χ2n) is 4.52. The normalized spacial score (nSPS) is 10.3. The maximum absolute atomic E-state index is 11.7. The van der Waals surface area contributed by atoms with Crippen molar-refractivity contribution in [3.8, 4) is 0 Å². The van der Waals surface area contributed by atoms with Gasteiger partial charge in [0.25, 0.3) is 0 Å². The first-order valence-corrected chi connectivity index (χ1v) is 6.50. The highest BCUT2D eigenvalue weighted by atomic mass is 16.2. The van der Waals surface area contributed by atoms with E-state index in [1.807, 2.05) is 43.6 Å². The zero-order valence-electron chi connectivity index (χ0n) is 11.5. The number of benzene rings is 1. The summed E-state index contributed by atoms with van der Waals surface area (Å²) in [5.41, 5.74) is 8.24. The fourth-order valence-electron chi connectivity index (χ4n) is 1.85. The standard InChI is InChI=1S/C14H19N5O/c1-19-8-6-12(18-19)5-7-16-14(20)17-13-4-2-3-11(9-13)10-15/h2-4,6,8-9H,5,7,10,15H2,1H3,(H2,16,17,20). The maximum Gasteiger partial charge on any atom is 0.319 e. The summed E-state index contributed by atoms with van der Waals surface area (Å²) in [6.45, 7) is 0.996. The monoisotopic (exact) mass is 273 g/mol. The van der Waals surface area contributed by atoms with Crippen molar-refractivity contribution in [3.05, 3.63) is 47.8 Å². The molecule has 106 valence electrons. The zero-order valence-corrected chi connectivity index (χ0v) is 11.5. The van der Waals surface area contributed by atoms with Gasteiger partial charge < -0.3 is 16.4 Å². The quantitative estimate of drug-likeness (QED) is 0.766. The highest BCUT2D eigenvalue weighted by Crippen LogP contribution is 2.09. The summed E-state index contributed by atoms with van der Waals surface area (Å²) >= 11 is 0. The van der Waals surface area contributed by atoms with Gasteiger partial charge in [-0.05, 0) is 23.8 Å². The molecule has 1 heterocycles. The van der Waals surface area contributed by atoms with Crippen molar-refractivity contribution in [1.29, 1.82) is 0 Å². The molecule has 0 spiro atoms. The first-order chi connectivity index (χ1) is 9.67. The van der Waals surface area contributed by atoms with E-state index < -0.39 is 0 Å². The van der Waals surface area contributed by atoms with Gasteiger partial charge in [0.2, 0.25) is 0 Å². The predicted molar refractivity (Wildman–Crippen MR) is 78.3 cm³/mol. The second-order valence-corrected chi connectivity index (χ2v) is 4.52. The summed E-state index contributed by atoms with van der Waals surface area (Å²) in [5, 5.41) is 9.82. The Bertz CT molecular complexity index is 578. The average molecular weight is 273 g/mol. The topological polar surface area (TPSA) is 85.0 Å². The van der Waals surface area contributed by atoms with Crippen LogP contribution in [0.25, 0.3) is 0 Å². The molecule has 0 radical (unpaired) electrons. The van der Waals surface area contributed by atoms with Crippen molar-refractivity contribution in [2.24, 2.45) is 12.8 Å². The van der Waals surface area contributed by atoms with Crippen LogP contribution in [-0.2, 0) is 20.0 Å². The number of carbonyl (C=O) groups is 1. The first-order valence-electron chi connectivity index (χ1n) is 6.50. The van der Waals surface area contributed by atoms with E-state index in [2.05, 4.69) is 15.7 Å². The molecule has 0 aliphatic heterocycles. The molecule has 2 rings (SSSR count). The van der Waals surface area contributed by atoms with Crippen molar-refractivity contribution in [3.63, 3.8) is 0 Å². The summed E-state index contributed by atoms with van der Waals surface area (Å²) in [5.74, 6) is 0. The van der Waals surface area contributed by atoms with Crippen LogP contribution in [0.4, 0.5) is 10.5 Å². The number of nitrogens with zero attached hydrogens (tertiary/aromatic N) is 2. The smallest absolute Gasteiger partial charge is 0.319 e. The van der Waals surface area contributed by atoms with Crippen LogP contribution in [0.2, 0.25) is 0 Å². The van der Waals surface area contributed by atoms with Crippen molar-refractivity contribution >= 4 is 11.7 Å². The van der Waals surface area contributed by atoms with Gasteiger partial charge in [-0.1, -0.05) is 12.1 Å². The van der Waals surface area contributed by atoms with Crippen LogP contribution in [0.5, 0.6) is 0 Å². The van der Waals surface area contributed by atoms with E-state index in [-0.39, 0.29) is 6.03 Å². The SMILES string of the molecule is Cn1ccc(CCNC(=O)Nc2cccc(CN)c2)n1. The first kappa shape index (κ1) is 14.1. The van der Waals surface area contributed by atoms with E-state index in [1.165, 1.54) is 0 Å². The minimum atomic E-state index is -0.227. The predicted octanol–water partition coefficient (Wildman–Crippen LogP) is 1.24. The Morgan fingerprint density at radius 2 is 2.25 bits per heavy atom. The molecule has 0 aliphatic rings. The fourth-order valence-corrected chi connectivity index (χ4v) is 1.85. The molecule has 1 aromatic heterocycles. The molecule has 6 heteroatoms. The lowest BCUT2D eigenvalue weighted by Crippen LogP contribution is -2.30. The van der Waals surface area contributed by atoms with Gasteiger partial charge >= 0.3 is 6.03 Å². The number of aryl methyl sites for hydroxylation is 1. The number of hydrogen-bond acceptors (Lipinski definition) is 3. The fraction of sp³-hybridized carbons (Fsp3) is 0.286. The van der Waals surface area contributed by atoms with Crippen LogP contribution in [0, 0.1) is 0 Å². The lowest BCUT2D eigenvalue weighted by Gasteiger charge is -2.08. The van der Waals surface area contributed by atoms with Crippen LogP contribution >= 0.6 is 0 Å². The van der Waals surface area contributed by atoms with Gasteiger partial charge in [0, 0.05) is 38.4 Å². The third kappa shape index (κ3) is 4.10. The summed E-state index contributed by atoms with van der Waals surface area (Å²) in [6, 6.07) is 9.19. The van der Waals surface area contributed by atoms with Gasteiger partial charge in [0.15, 0.2) is 0 Å². The van der Waals surface area contributed by atoms with Crippen LogP contribution in [0.15, 0.2) is 36.5 Å². The van der Waals surface area contributed by atoms with E-state index in [0.717, 1.165) is 16.9 Å². The number of urea groups is 1. The number of hydrogen-bond donors (Lipinski definition) is 3. The third-order valence-electron chi connectivity index (χ3n) is 2.86. The summed E-state index contributed by atoms with van der Waals surface area (Å²) < 4.78 is 1.74. The van der Waals surface area contributed by atoms with Gasteiger partial charge in [-0.3, -0.25) is 4.68 Å². The molecule has 0 saturated heterocycles. The Balaban J connectivity index is 1.77. The maximum atomic E-state index is 11.7. The largest absolute Gasteiger partial charge is 0.337 e. The molecule has 0 aliphatic carbocycles. The van der Waals surface area contributed by atoms with Crippen LogP contribution in [-0.4, -0.2) is 22.4 Å². The van der Waals surface area contributed by atoms with Crippen molar-refractivity contribution in [1.82, 2.24) is 15.1 Å². The molecular formula is C14H19N5O. The highest BCUT2D eigenvalue weighted by molar-refractivity contribution is 5.89. The number of nitrogens with one attached hydrogen (secondary N) is 2. The van der Waals surface area contributed by atoms with Crippen molar-refractivity contribution in [2.75, 3.05) is 11.9 Å². The van der Waals surface area contributed by atoms with Crippen LogP contribution in [0.3, 0.4) is 0 Å². The van der Waals surface area contributed by atoms with E-state index in [4.69, 9.17) is 5.73 Å². The molecule has 20 heavy (non-hydrogen) atoms.